The number of ether oxygens (including phenoxy) is 1. The number of nitrogens with two attached hydrogens (primary N) is 1. The average molecular weight is 246 g/mol. The van der Waals surface area contributed by atoms with Gasteiger partial charge in [-0.3, -0.25) is 4.98 Å². The van der Waals surface area contributed by atoms with E-state index in [0.29, 0.717) is 6.61 Å². The van der Waals surface area contributed by atoms with Gasteiger partial charge in [0.25, 0.3) is 0 Å². The summed E-state index contributed by atoms with van der Waals surface area (Å²) in [5.74, 6) is 0.827. The lowest BCUT2D eigenvalue weighted by Gasteiger charge is -2.33. The van der Waals surface area contributed by atoms with Crippen molar-refractivity contribution in [2.24, 2.45) is 11.1 Å². The summed E-state index contributed by atoms with van der Waals surface area (Å²) in [6.07, 6.45) is 7.88. The van der Waals surface area contributed by atoms with E-state index in [1.807, 2.05) is 13.1 Å². The number of aromatic nitrogens is 1. The Labute approximate surface area is 109 Å². The van der Waals surface area contributed by atoms with Crippen LogP contribution in [0.1, 0.15) is 39.2 Å². The molecular weight excluding hydrogens is 224 g/mol. The molecular formula is C15H22N2O. The van der Waals surface area contributed by atoms with E-state index in [2.05, 4.69) is 31.0 Å². The molecule has 3 heteroatoms. The topological polar surface area (TPSA) is 48.1 Å². The summed E-state index contributed by atoms with van der Waals surface area (Å²) in [5.41, 5.74) is 8.78. The molecule has 0 saturated heterocycles. The van der Waals surface area contributed by atoms with Crippen molar-refractivity contribution in [2.75, 3.05) is 6.61 Å². The van der Waals surface area contributed by atoms with Gasteiger partial charge in [0.1, 0.15) is 5.75 Å². The first-order chi connectivity index (χ1) is 8.50. The van der Waals surface area contributed by atoms with Crippen LogP contribution in [-0.2, 0) is 0 Å². The maximum Gasteiger partial charge on any atom is 0.138 e. The van der Waals surface area contributed by atoms with Crippen LogP contribution in [0.25, 0.3) is 5.57 Å². The first kappa shape index (κ1) is 13.1. The highest BCUT2D eigenvalue weighted by Crippen LogP contribution is 2.39. The monoisotopic (exact) mass is 246 g/mol. The molecule has 18 heavy (non-hydrogen) atoms. The Kier molecular flexibility index (Phi) is 3.71. The summed E-state index contributed by atoms with van der Waals surface area (Å²) >= 11 is 0. The van der Waals surface area contributed by atoms with Gasteiger partial charge in [0.2, 0.25) is 0 Å². The van der Waals surface area contributed by atoms with Crippen LogP contribution in [0.15, 0.2) is 24.5 Å². The lowest BCUT2D eigenvalue weighted by atomic mass is 9.74. The zero-order chi connectivity index (χ0) is 13.2. The normalized spacial score (nSPS) is 22.4. The zero-order valence-corrected chi connectivity index (χ0v) is 11.4. The van der Waals surface area contributed by atoms with Gasteiger partial charge in [-0.05, 0) is 42.4 Å². The summed E-state index contributed by atoms with van der Waals surface area (Å²) in [7, 11) is 0. The third-order valence-electron chi connectivity index (χ3n) is 3.27. The van der Waals surface area contributed by atoms with Crippen molar-refractivity contribution >= 4 is 5.57 Å². The Morgan fingerprint density at radius 3 is 2.89 bits per heavy atom. The van der Waals surface area contributed by atoms with E-state index in [-0.39, 0.29) is 11.5 Å². The maximum atomic E-state index is 6.11. The summed E-state index contributed by atoms with van der Waals surface area (Å²) in [4.78, 5) is 4.24. The lowest BCUT2D eigenvalue weighted by Crippen LogP contribution is -2.30. The number of nitrogens with zero attached hydrogens (tertiary/aromatic N) is 1. The maximum absolute atomic E-state index is 6.11. The van der Waals surface area contributed by atoms with Crippen LogP contribution < -0.4 is 10.5 Å². The van der Waals surface area contributed by atoms with Crippen LogP contribution >= 0.6 is 0 Å². The Morgan fingerprint density at radius 1 is 1.44 bits per heavy atom. The molecule has 1 unspecified atom stereocenters. The third kappa shape index (κ3) is 3.10. The highest BCUT2D eigenvalue weighted by atomic mass is 16.5. The van der Waals surface area contributed by atoms with Crippen LogP contribution in [0.3, 0.4) is 0 Å². The van der Waals surface area contributed by atoms with E-state index >= 15 is 0 Å². The second kappa shape index (κ2) is 5.11. The second-order valence-corrected chi connectivity index (χ2v) is 5.74. The van der Waals surface area contributed by atoms with Gasteiger partial charge in [0.05, 0.1) is 12.8 Å². The van der Waals surface area contributed by atoms with Gasteiger partial charge in [0.15, 0.2) is 0 Å². The lowest BCUT2D eigenvalue weighted by molar-refractivity contribution is 0.318. The van der Waals surface area contributed by atoms with E-state index in [1.54, 1.807) is 6.20 Å². The summed E-state index contributed by atoms with van der Waals surface area (Å²) in [6.45, 7) is 7.17. The number of hydrogen-bond donors (Lipinski definition) is 1. The first-order valence-corrected chi connectivity index (χ1v) is 6.55. The molecule has 0 aliphatic heterocycles. The van der Waals surface area contributed by atoms with E-state index in [4.69, 9.17) is 10.5 Å². The van der Waals surface area contributed by atoms with Gasteiger partial charge in [-0.2, -0.15) is 0 Å². The molecule has 2 N–H and O–H groups in total. The third-order valence-corrected chi connectivity index (χ3v) is 3.27. The fourth-order valence-corrected chi connectivity index (χ4v) is 2.64. The van der Waals surface area contributed by atoms with E-state index < -0.39 is 0 Å². The molecule has 0 spiro atoms. The standard InChI is InChI=1S/C15H22N2O/c1-4-18-14-6-12(9-17-10-14)11-5-13(16)8-15(2,3)7-11/h5-6,9-10,13H,4,7-8,16H2,1-3H3. The smallest absolute Gasteiger partial charge is 0.138 e. The Bertz CT molecular complexity index is 452. The number of rotatable bonds is 3. The Balaban J connectivity index is 2.28. The minimum Gasteiger partial charge on any atom is -0.492 e. The molecule has 1 aromatic rings. The van der Waals surface area contributed by atoms with Gasteiger partial charge in [-0.25, -0.2) is 0 Å². The predicted molar refractivity (Wildman–Crippen MR) is 74.4 cm³/mol. The van der Waals surface area contributed by atoms with Crippen molar-refractivity contribution in [3.63, 3.8) is 0 Å². The summed E-state index contributed by atoms with van der Waals surface area (Å²) in [6, 6.07) is 2.19. The second-order valence-electron chi connectivity index (χ2n) is 5.74. The molecule has 1 aromatic heterocycles. The van der Waals surface area contributed by atoms with Crippen molar-refractivity contribution in [1.82, 2.24) is 4.98 Å². The van der Waals surface area contributed by atoms with E-state index in [0.717, 1.165) is 24.2 Å². The van der Waals surface area contributed by atoms with E-state index in [9.17, 15) is 0 Å². The first-order valence-electron chi connectivity index (χ1n) is 6.55. The highest BCUT2D eigenvalue weighted by Gasteiger charge is 2.27. The van der Waals surface area contributed by atoms with Crippen LogP contribution in [0, 0.1) is 5.41 Å². The molecule has 0 fully saturated rings. The van der Waals surface area contributed by atoms with Crippen molar-refractivity contribution < 1.29 is 4.74 Å². The molecule has 0 saturated carbocycles. The number of allylic oxidation sites excluding steroid dienone is 1. The zero-order valence-electron chi connectivity index (χ0n) is 11.4. The van der Waals surface area contributed by atoms with Gasteiger partial charge in [-0.1, -0.05) is 19.9 Å². The quantitative estimate of drug-likeness (QED) is 0.891. The van der Waals surface area contributed by atoms with Crippen molar-refractivity contribution in [3.8, 4) is 5.75 Å². The molecule has 2 rings (SSSR count). The van der Waals surface area contributed by atoms with Gasteiger partial charge in [-0.15, -0.1) is 0 Å². The SMILES string of the molecule is CCOc1cncc(C2=CC(N)CC(C)(C)C2)c1. The molecule has 98 valence electrons. The predicted octanol–water partition coefficient (Wildman–Crippen LogP) is 3.01. The highest BCUT2D eigenvalue weighted by molar-refractivity contribution is 5.68. The van der Waals surface area contributed by atoms with Crippen molar-refractivity contribution in [1.29, 1.82) is 0 Å². The van der Waals surface area contributed by atoms with Crippen molar-refractivity contribution in [2.45, 2.75) is 39.7 Å². The molecule has 0 radical (unpaired) electrons. The van der Waals surface area contributed by atoms with Crippen LogP contribution in [0.2, 0.25) is 0 Å². The summed E-state index contributed by atoms with van der Waals surface area (Å²) in [5, 5.41) is 0. The van der Waals surface area contributed by atoms with Crippen LogP contribution in [-0.4, -0.2) is 17.6 Å². The molecule has 1 aliphatic carbocycles. The Morgan fingerprint density at radius 2 is 2.22 bits per heavy atom. The van der Waals surface area contributed by atoms with Crippen LogP contribution in [0.4, 0.5) is 0 Å². The fraction of sp³-hybridized carbons (Fsp3) is 0.533. The number of pyridine rings is 1. The Hall–Kier alpha value is -1.35. The molecule has 0 bridgehead atoms. The molecule has 1 heterocycles. The molecule has 0 aromatic carbocycles. The number of hydrogen-bond acceptors (Lipinski definition) is 3. The van der Waals surface area contributed by atoms with Crippen molar-refractivity contribution in [3.05, 3.63) is 30.1 Å². The van der Waals surface area contributed by atoms with E-state index in [1.165, 1.54) is 5.57 Å². The van der Waals surface area contributed by atoms with Gasteiger partial charge in [0, 0.05) is 12.2 Å². The minimum absolute atomic E-state index is 0.138. The van der Waals surface area contributed by atoms with Gasteiger partial charge < -0.3 is 10.5 Å². The summed E-state index contributed by atoms with van der Waals surface area (Å²) < 4.78 is 5.50. The minimum atomic E-state index is 0.138. The molecule has 1 atom stereocenters. The molecule has 3 nitrogen and oxygen atoms in total. The molecule has 0 amide bonds. The molecule has 1 aliphatic rings. The van der Waals surface area contributed by atoms with Crippen LogP contribution in [0.5, 0.6) is 5.75 Å². The largest absolute Gasteiger partial charge is 0.492 e. The van der Waals surface area contributed by atoms with Gasteiger partial charge >= 0.3 is 0 Å². The average Bonchev–Trinajstić information content (AvgIpc) is 2.27. The fourth-order valence-electron chi connectivity index (χ4n) is 2.64.